The van der Waals surface area contributed by atoms with Gasteiger partial charge < -0.3 is 4.90 Å². The number of carbonyl (C=O) groups is 2. The second-order valence-corrected chi connectivity index (χ2v) is 7.28. The molecule has 0 radical (unpaired) electrons. The maximum absolute atomic E-state index is 12.6. The Morgan fingerprint density at radius 1 is 0.958 bits per heavy atom. The first kappa shape index (κ1) is 18.7. The molecule has 1 heterocycles. The van der Waals surface area contributed by atoms with Gasteiger partial charge >= 0.3 is 0 Å². The number of piperazine rings is 1. The quantitative estimate of drug-likeness (QED) is 0.804. The van der Waals surface area contributed by atoms with Gasteiger partial charge in [0.1, 0.15) is 5.78 Å². The van der Waals surface area contributed by atoms with Crippen LogP contribution in [0.25, 0.3) is 0 Å². The minimum atomic E-state index is 0.113. The molecule has 0 aromatic heterocycles. The van der Waals surface area contributed by atoms with Crippen LogP contribution in [0.2, 0.25) is 0 Å². The number of amides is 1. The lowest BCUT2D eigenvalue weighted by Gasteiger charge is -2.34. The van der Waals surface area contributed by atoms with E-state index in [2.05, 4.69) is 18.7 Å². The molecule has 0 bridgehead atoms. The average molecular weight is 330 g/mol. The Balaban J connectivity index is 1.83. The molecule has 1 saturated heterocycles. The van der Waals surface area contributed by atoms with Gasteiger partial charge in [-0.25, -0.2) is 0 Å². The number of carbonyl (C=O) groups excluding carboxylic acids is 2. The summed E-state index contributed by atoms with van der Waals surface area (Å²) in [4.78, 5) is 28.5. The van der Waals surface area contributed by atoms with Gasteiger partial charge in [0.2, 0.25) is 0 Å². The van der Waals surface area contributed by atoms with E-state index in [4.69, 9.17) is 0 Å². The molecular formula is C20H30N2O2. The number of nitrogens with zero attached hydrogens (tertiary/aromatic N) is 2. The lowest BCUT2D eigenvalue weighted by atomic mass is 10.0. The van der Waals surface area contributed by atoms with Gasteiger partial charge in [0.25, 0.3) is 5.91 Å². The summed E-state index contributed by atoms with van der Waals surface area (Å²) in [5.74, 6) is 1.02. The number of benzene rings is 1. The molecule has 4 nitrogen and oxygen atoms in total. The van der Waals surface area contributed by atoms with Crippen LogP contribution < -0.4 is 0 Å². The van der Waals surface area contributed by atoms with Gasteiger partial charge in [-0.2, -0.15) is 0 Å². The minimum absolute atomic E-state index is 0.113. The summed E-state index contributed by atoms with van der Waals surface area (Å²) in [5, 5.41) is 0. The number of hydrogen-bond acceptors (Lipinski definition) is 3. The van der Waals surface area contributed by atoms with Crippen molar-refractivity contribution in [3.05, 3.63) is 35.4 Å². The lowest BCUT2D eigenvalue weighted by molar-refractivity contribution is -0.122. The van der Waals surface area contributed by atoms with Crippen molar-refractivity contribution in [2.45, 2.75) is 40.0 Å². The molecule has 1 fully saturated rings. The van der Waals surface area contributed by atoms with Crippen LogP contribution >= 0.6 is 0 Å². The Kier molecular flexibility index (Phi) is 6.55. The zero-order chi connectivity index (χ0) is 17.7. The number of hydrogen-bond donors (Lipinski definition) is 0. The van der Waals surface area contributed by atoms with Crippen molar-refractivity contribution in [2.24, 2.45) is 5.92 Å². The molecule has 0 spiro atoms. The van der Waals surface area contributed by atoms with Gasteiger partial charge in [-0.3, -0.25) is 14.5 Å². The predicted molar refractivity (Wildman–Crippen MR) is 97.3 cm³/mol. The van der Waals surface area contributed by atoms with Crippen molar-refractivity contribution in [1.29, 1.82) is 0 Å². The molecule has 1 aliphatic heterocycles. The van der Waals surface area contributed by atoms with Crippen LogP contribution in [0.4, 0.5) is 0 Å². The number of ketones is 1. The predicted octanol–water partition coefficient (Wildman–Crippen LogP) is 3.18. The second-order valence-electron chi connectivity index (χ2n) is 7.28. The van der Waals surface area contributed by atoms with Crippen molar-refractivity contribution in [3.63, 3.8) is 0 Å². The van der Waals surface area contributed by atoms with E-state index in [9.17, 15) is 9.59 Å². The fourth-order valence-electron chi connectivity index (χ4n) is 2.92. The van der Waals surface area contributed by atoms with E-state index >= 15 is 0 Å². The van der Waals surface area contributed by atoms with E-state index in [0.717, 1.165) is 38.3 Å². The number of rotatable bonds is 6. The maximum Gasteiger partial charge on any atom is 0.253 e. The summed E-state index contributed by atoms with van der Waals surface area (Å²) < 4.78 is 0. The van der Waals surface area contributed by atoms with Gasteiger partial charge in [0.05, 0.1) is 0 Å². The van der Waals surface area contributed by atoms with Crippen molar-refractivity contribution >= 4 is 11.7 Å². The first-order valence-corrected chi connectivity index (χ1v) is 9.02. The Morgan fingerprint density at radius 2 is 1.54 bits per heavy atom. The zero-order valence-corrected chi connectivity index (χ0v) is 15.4. The topological polar surface area (TPSA) is 40.6 Å². The van der Waals surface area contributed by atoms with Crippen LogP contribution in [0.3, 0.4) is 0 Å². The van der Waals surface area contributed by atoms with E-state index in [1.54, 1.807) is 0 Å². The highest BCUT2D eigenvalue weighted by Crippen LogP contribution is 2.16. The Hall–Kier alpha value is -1.68. The summed E-state index contributed by atoms with van der Waals surface area (Å²) in [6.07, 6.45) is 0.613. The highest BCUT2D eigenvalue weighted by Gasteiger charge is 2.22. The van der Waals surface area contributed by atoms with Gasteiger partial charge in [0.15, 0.2) is 0 Å². The highest BCUT2D eigenvalue weighted by atomic mass is 16.2. The van der Waals surface area contributed by atoms with Crippen LogP contribution in [0, 0.1) is 5.92 Å². The van der Waals surface area contributed by atoms with Crippen LogP contribution in [-0.2, 0) is 4.79 Å². The zero-order valence-electron chi connectivity index (χ0n) is 15.4. The molecule has 0 atom stereocenters. The molecule has 0 aliphatic carbocycles. The summed E-state index contributed by atoms with van der Waals surface area (Å²) >= 11 is 0. The molecule has 0 saturated carbocycles. The fourth-order valence-corrected chi connectivity index (χ4v) is 2.92. The molecule has 24 heavy (non-hydrogen) atoms. The first-order valence-electron chi connectivity index (χ1n) is 9.02. The lowest BCUT2D eigenvalue weighted by Crippen LogP contribution is -2.49. The molecule has 1 aromatic carbocycles. The van der Waals surface area contributed by atoms with Crippen LogP contribution in [0.1, 0.15) is 56.0 Å². The molecule has 0 unspecified atom stereocenters. The standard InChI is InChI=1S/C20H30N2O2/c1-15(2)17-5-7-18(8-6-17)20(24)22-13-11-21(12-14-22)10-9-19(23)16(3)4/h5-8,15-16H,9-14H2,1-4H3. The largest absolute Gasteiger partial charge is 0.336 e. The fraction of sp³-hybridized carbons (Fsp3) is 0.600. The SMILES string of the molecule is CC(C)C(=O)CCN1CCN(C(=O)c2ccc(C(C)C)cc2)CC1. The van der Waals surface area contributed by atoms with Crippen molar-refractivity contribution in [3.8, 4) is 0 Å². The van der Waals surface area contributed by atoms with Gasteiger partial charge in [-0.05, 0) is 23.6 Å². The third kappa shape index (κ3) is 4.91. The molecule has 1 aliphatic rings. The molecule has 0 N–H and O–H groups in total. The Bertz CT molecular complexity index is 556. The molecule has 132 valence electrons. The van der Waals surface area contributed by atoms with Gasteiger partial charge in [-0.1, -0.05) is 39.8 Å². The summed E-state index contributed by atoms with van der Waals surface area (Å²) in [7, 11) is 0. The molecule has 4 heteroatoms. The summed E-state index contributed by atoms with van der Waals surface area (Å²) in [6.45, 7) is 12.2. The van der Waals surface area contributed by atoms with Crippen LogP contribution in [-0.4, -0.2) is 54.2 Å². The van der Waals surface area contributed by atoms with E-state index in [1.165, 1.54) is 5.56 Å². The monoisotopic (exact) mass is 330 g/mol. The van der Waals surface area contributed by atoms with E-state index in [1.807, 2.05) is 43.0 Å². The van der Waals surface area contributed by atoms with E-state index < -0.39 is 0 Å². The molecule has 1 aromatic rings. The molecule has 1 amide bonds. The summed E-state index contributed by atoms with van der Waals surface area (Å²) in [6, 6.07) is 7.97. The van der Waals surface area contributed by atoms with Crippen LogP contribution in [0.15, 0.2) is 24.3 Å². The molecular weight excluding hydrogens is 300 g/mol. The Labute approximate surface area is 145 Å². The maximum atomic E-state index is 12.6. The highest BCUT2D eigenvalue weighted by molar-refractivity contribution is 5.94. The van der Waals surface area contributed by atoms with Gasteiger partial charge in [-0.15, -0.1) is 0 Å². The summed E-state index contributed by atoms with van der Waals surface area (Å²) in [5.41, 5.74) is 2.02. The Morgan fingerprint density at radius 3 is 2.04 bits per heavy atom. The molecule has 2 rings (SSSR count). The third-order valence-corrected chi connectivity index (χ3v) is 4.80. The first-order chi connectivity index (χ1) is 11.4. The van der Waals surface area contributed by atoms with Crippen molar-refractivity contribution in [2.75, 3.05) is 32.7 Å². The van der Waals surface area contributed by atoms with Crippen molar-refractivity contribution < 1.29 is 9.59 Å². The van der Waals surface area contributed by atoms with E-state index in [0.29, 0.717) is 18.1 Å². The normalized spacial score (nSPS) is 16.0. The van der Waals surface area contributed by atoms with Crippen molar-refractivity contribution in [1.82, 2.24) is 9.80 Å². The minimum Gasteiger partial charge on any atom is -0.336 e. The second kappa shape index (κ2) is 8.43. The number of Topliss-reactive ketones (excluding diaryl/α,β-unsaturated/α-hetero) is 1. The van der Waals surface area contributed by atoms with Crippen LogP contribution in [0.5, 0.6) is 0 Å². The van der Waals surface area contributed by atoms with E-state index in [-0.39, 0.29) is 11.8 Å². The smallest absolute Gasteiger partial charge is 0.253 e. The average Bonchev–Trinajstić information content (AvgIpc) is 2.59. The van der Waals surface area contributed by atoms with Gasteiger partial charge in [0, 0.05) is 50.6 Å². The third-order valence-electron chi connectivity index (χ3n) is 4.80.